The van der Waals surface area contributed by atoms with Gasteiger partial charge in [0.15, 0.2) is 0 Å². The van der Waals surface area contributed by atoms with Gasteiger partial charge < -0.3 is 24.8 Å². The van der Waals surface area contributed by atoms with Gasteiger partial charge in [-0.25, -0.2) is 4.79 Å². The first-order chi connectivity index (χ1) is 16.9. The lowest BCUT2D eigenvalue weighted by Crippen LogP contribution is -2.62. The van der Waals surface area contributed by atoms with E-state index in [0.717, 1.165) is 22.3 Å². The van der Waals surface area contributed by atoms with Crippen LogP contribution in [0.2, 0.25) is 0 Å². The predicted molar refractivity (Wildman–Crippen MR) is 128 cm³/mol. The molecule has 0 saturated carbocycles. The summed E-state index contributed by atoms with van der Waals surface area (Å²) in [6, 6.07) is 16.2. The van der Waals surface area contributed by atoms with Crippen LogP contribution >= 0.6 is 0 Å². The zero-order valence-corrected chi connectivity index (χ0v) is 19.7. The van der Waals surface area contributed by atoms with E-state index in [0.29, 0.717) is 32.6 Å². The van der Waals surface area contributed by atoms with Crippen LogP contribution in [0.4, 0.5) is 4.79 Å². The number of fused-ring (bicyclic) bond motifs is 3. The molecule has 0 unspecified atom stereocenters. The normalized spacial score (nSPS) is 22.8. The largest absolute Gasteiger partial charge is 0.481 e. The molecule has 0 bridgehead atoms. The van der Waals surface area contributed by atoms with Crippen LogP contribution in [0.5, 0.6) is 0 Å². The molecular formula is C27H30N2O6. The molecule has 0 aromatic heterocycles. The van der Waals surface area contributed by atoms with Gasteiger partial charge in [0.2, 0.25) is 5.91 Å². The molecule has 0 radical (unpaired) electrons. The van der Waals surface area contributed by atoms with E-state index >= 15 is 0 Å². The minimum Gasteiger partial charge on any atom is -0.481 e. The molecule has 8 heteroatoms. The van der Waals surface area contributed by atoms with Gasteiger partial charge in [0.25, 0.3) is 0 Å². The van der Waals surface area contributed by atoms with Gasteiger partial charge >= 0.3 is 12.1 Å². The highest BCUT2D eigenvalue weighted by atomic mass is 16.5. The Morgan fingerprint density at radius 1 is 1.03 bits per heavy atom. The second kappa shape index (κ2) is 9.34. The Bertz CT molecular complexity index is 1100. The summed E-state index contributed by atoms with van der Waals surface area (Å²) in [7, 11) is 0. The average Bonchev–Trinajstić information content (AvgIpc) is 3.41. The van der Waals surface area contributed by atoms with Crippen molar-refractivity contribution in [2.45, 2.75) is 31.2 Å². The number of carboxylic acids is 1. The Labute approximate surface area is 204 Å². The standard InChI is InChI=1S/C27H30N2O6/c1-17-14-29(15-22(17)24(30)31)25(32)27(10-12-34-13-11-27)28-26(33)35-16-23-20-8-4-2-6-18(20)19-7-3-5-9-21(19)23/h2-9,17,22-23H,10-16H2,1H3,(H,28,33)(H,30,31)/t17-,22-/m1/s1. The summed E-state index contributed by atoms with van der Waals surface area (Å²) < 4.78 is 11.2. The van der Waals surface area contributed by atoms with Crippen LogP contribution < -0.4 is 5.32 Å². The molecule has 0 spiro atoms. The number of carboxylic acid groups (broad SMARTS) is 1. The van der Waals surface area contributed by atoms with Gasteiger partial charge in [-0.15, -0.1) is 0 Å². The van der Waals surface area contributed by atoms with Crippen molar-refractivity contribution in [2.75, 3.05) is 32.9 Å². The molecule has 2 N–H and O–H groups in total. The average molecular weight is 479 g/mol. The lowest BCUT2D eigenvalue weighted by molar-refractivity contribution is -0.143. The predicted octanol–water partition coefficient (Wildman–Crippen LogP) is 3.25. The highest BCUT2D eigenvalue weighted by Gasteiger charge is 2.48. The van der Waals surface area contributed by atoms with Crippen molar-refractivity contribution in [3.05, 3.63) is 59.7 Å². The topological polar surface area (TPSA) is 105 Å². The molecule has 1 aliphatic carbocycles. The van der Waals surface area contributed by atoms with Crippen LogP contribution in [0, 0.1) is 11.8 Å². The molecule has 35 heavy (non-hydrogen) atoms. The highest BCUT2D eigenvalue weighted by molar-refractivity contribution is 5.91. The number of nitrogens with zero attached hydrogens (tertiary/aromatic N) is 1. The van der Waals surface area contributed by atoms with Crippen molar-refractivity contribution in [3.8, 4) is 11.1 Å². The number of alkyl carbamates (subject to hydrolysis) is 1. The number of nitrogens with one attached hydrogen (secondary N) is 1. The van der Waals surface area contributed by atoms with Crippen LogP contribution in [0.25, 0.3) is 11.1 Å². The number of likely N-dealkylation sites (tertiary alicyclic amines) is 1. The number of aliphatic carboxylic acids is 1. The summed E-state index contributed by atoms with van der Waals surface area (Å²) in [5.74, 6) is -2.00. The van der Waals surface area contributed by atoms with Crippen molar-refractivity contribution in [2.24, 2.45) is 11.8 Å². The van der Waals surface area contributed by atoms with Crippen LogP contribution in [0.1, 0.15) is 36.8 Å². The van der Waals surface area contributed by atoms with Crippen LogP contribution in [-0.2, 0) is 19.1 Å². The maximum Gasteiger partial charge on any atom is 0.408 e. The Balaban J connectivity index is 1.30. The van der Waals surface area contributed by atoms with E-state index in [4.69, 9.17) is 9.47 Å². The Morgan fingerprint density at radius 3 is 2.20 bits per heavy atom. The van der Waals surface area contributed by atoms with Gasteiger partial charge in [0.1, 0.15) is 12.1 Å². The van der Waals surface area contributed by atoms with E-state index in [2.05, 4.69) is 29.6 Å². The third kappa shape index (κ3) is 4.27. The van der Waals surface area contributed by atoms with Gasteiger partial charge in [-0.2, -0.15) is 0 Å². The van der Waals surface area contributed by atoms with E-state index in [-0.39, 0.29) is 30.9 Å². The summed E-state index contributed by atoms with van der Waals surface area (Å²) in [6.45, 7) is 3.15. The number of carbonyl (C=O) groups excluding carboxylic acids is 2. The van der Waals surface area contributed by atoms with Gasteiger partial charge in [-0.1, -0.05) is 55.5 Å². The number of hydrogen-bond acceptors (Lipinski definition) is 5. The Morgan fingerprint density at radius 2 is 1.63 bits per heavy atom. The molecule has 2 aromatic carbocycles. The molecular weight excluding hydrogens is 448 g/mol. The number of rotatable bonds is 5. The van der Waals surface area contributed by atoms with Crippen molar-refractivity contribution in [3.63, 3.8) is 0 Å². The summed E-state index contributed by atoms with van der Waals surface area (Å²) in [6.07, 6.45) is -0.0127. The quantitative estimate of drug-likeness (QED) is 0.684. The van der Waals surface area contributed by atoms with Crippen molar-refractivity contribution < 1.29 is 29.0 Å². The second-order valence-corrected chi connectivity index (χ2v) is 9.78. The Hall–Kier alpha value is -3.39. The molecule has 2 aliphatic heterocycles. The third-order valence-corrected chi connectivity index (χ3v) is 7.66. The lowest BCUT2D eigenvalue weighted by Gasteiger charge is -2.38. The highest BCUT2D eigenvalue weighted by Crippen LogP contribution is 2.44. The second-order valence-electron chi connectivity index (χ2n) is 9.78. The molecule has 184 valence electrons. The maximum absolute atomic E-state index is 13.6. The first-order valence-electron chi connectivity index (χ1n) is 12.1. The van der Waals surface area contributed by atoms with Crippen LogP contribution in [-0.4, -0.2) is 66.4 Å². The molecule has 2 fully saturated rings. The van der Waals surface area contributed by atoms with Gasteiger partial charge in [-0.3, -0.25) is 9.59 Å². The van der Waals surface area contributed by atoms with E-state index in [1.807, 2.05) is 31.2 Å². The molecule has 5 rings (SSSR count). The fourth-order valence-corrected chi connectivity index (χ4v) is 5.70. The van der Waals surface area contributed by atoms with Gasteiger partial charge in [-0.05, 0) is 28.2 Å². The first-order valence-corrected chi connectivity index (χ1v) is 12.1. The molecule has 3 aliphatic rings. The smallest absolute Gasteiger partial charge is 0.408 e. The minimum absolute atomic E-state index is 0.0785. The van der Waals surface area contributed by atoms with E-state index in [1.54, 1.807) is 4.90 Å². The summed E-state index contributed by atoms with van der Waals surface area (Å²) in [5, 5.41) is 12.3. The molecule has 2 heterocycles. The van der Waals surface area contributed by atoms with Crippen molar-refractivity contribution >= 4 is 18.0 Å². The lowest BCUT2D eigenvalue weighted by atomic mass is 9.88. The fraction of sp³-hybridized carbons (Fsp3) is 0.444. The fourth-order valence-electron chi connectivity index (χ4n) is 5.70. The monoisotopic (exact) mass is 478 g/mol. The zero-order chi connectivity index (χ0) is 24.6. The zero-order valence-electron chi connectivity index (χ0n) is 19.7. The third-order valence-electron chi connectivity index (χ3n) is 7.66. The summed E-state index contributed by atoms with van der Waals surface area (Å²) in [5.41, 5.74) is 3.36. The number of benzene rings is 2. The number of carbonyl (C=O) groups is 3. The summed E-state index contributed by atoms with van der Waals surface area (Å²) >= 11 is 0. The van der Waals surface area contributed by atoms with Crippen molar-refractivity contribution in [1.82, 2.24) is 10.2 Å². The first kappa shape index (κ1) is 23.4. The molecule has 2 saturated heterocycles. The van der Waals surface area contributed by atoms with E-state index in [1.165, 1.54) is 0 Å². The number of ether oxygens (including phenoxy) is 2. The SMILES string of the molecule is C[C@@H]1CN(C(=O)C2(NC(=O)OCC3c4ccccc4-c4ccccc43)CCOCC2)C[C@H]1C(=O)O. The van der Waals surface area contributed by atoms with E-state index in [9.17, 15) is 19.5 Å². The van der Waals surface area contributed by atoms with E-state index < -0.39 is 23.5 Å². The molecule has 8 nitrogen and oxygen atoms in total. The summed E-state index contributed by atoms with van der Waals surface area (Å²) in [4.78, 5) is 39.7. The minimum atomic E-state index is -1.16. The van der Waals surface area contributed by atoms with Gasteiger partial charge in [0.05, 0.1) is 5.92 Å². The van der Waals surface area contributed by atoms with Gasteiger partial charge in [0, 0.05) is 45.1 Å². The number of amides is 2. The molecule has 2 aromatic rings. The molecule has 2 atom stereocenters. The maximum atomic E-state index is 13.6. The van der Waals surface area contributed by atoms with Crippen molar-refractivity contribution in [1.29, 1.82) is 0 Å². The number of hydrogen-bond donors (Lipinski definition) is 2. The molecule has 2 amide bonds. The Kier molecular flexibility index (Phi) is 6.23. The van der Waals surface area contributed by atoms with Crippen LogP contribution in [0.3, 0.4) is 0 Å². The van der Waals surface area contributed by atoms with Crippen LogP contribution in [0.15, 0.2) is 48.5 Å².